The van der Waals surface area contributed by atoms with Gasteiger partial charge in [-0.3, -0.25) is 4.79 Å². The van der Waals surface area contributed by atoms with Gasteiger partial charge in [-0.1, -0.05) is 0 Å². The molecule has 23 heavy (non-hydrogen) atoms. The Kier molecular flexibility index (Phi) is 6.24. The number of ether oxygens (including phenoxy) is 2. The monoisotopic (exact) mass is 317 g/mol. The standard InChI is InChI=1S/C17H23N3O3/c1-22-15-5-6-16(23-2)13(10-15)7-8-19-12-17(21)20-9-3-4-14(20)11-18/h5-6,10,14,19H,3-4,7-9,12H2,1-2H3/t14-/m0/s1. The molecule has 2 rings (SSSR count). The molecule has 0 bridgehead atoms. The number of nitrogens with one attached hydrogen (secondary N) is 1. The van der Waals surface area contributed by atoms with Gasteiger partial charge in [0.25, 0.3) is 0 Å². The number of amides is 1. The van der Waals surface area contributed by atoms with Crippen LogP contribution in [-0.4, -0.2) is 50.7 Å². The Hall–Kier alpha value is -2.26. The fourth-order valence-corrected chi connectivity index (χ4v) is 2.80. The van der Waals surface area contributed by atoms with Crippen LogP contribution >= 0.6 is 0 Å². The molecule has 0 unspecified atom stereocenters. The summed E-state index contributed by atoms with van der Waals surface area (Å²) in [5.74, 6) is 1.58. The van der Waals surface area contributed by atoms with Crippen LogP contribution in [-0.2, 0) is 11.2 Å². The molecule has 0 aliphatic carbocycles. The second-order valence-electron chi connectivity index (χ2n) is 5.48. The summed E-state index contributed by atoms with van der Waals surface area (Å²) in [5.41, 5.74) is 1.03. The first kappa shape index (κ1) is 17.1. The van der Waals surface area contributed by atoms with E-state index < -0.39 is 0 Å². The van der Waals surface area contributed by atoms with Crippen molar-refractivity contribution in [3.05, 3.63) is 23.8 Å². The van der Waals surface area contributed by atoms with Crippen LogP contribution in [0.2, 0.25) is 0 Å². The van der Waals surface area contributed by atoms with Crippen LogP contribution in [0.4, 0.5) is 0 Å². The molecule has 1 heterocycles. The topological polar surface area (TPSA) is 74.6 Å². The van der Waals surface area contributed by atoms with Crippen LogP contribution in [0, 0.1) is 11.3 Å². The minimum absolute atomic E-state index is 0.00772. The number of hydrogen-bond acceptors (Lipinski definition) is 5. The molecule has 1 aliphatic heterocycles. The first-order valence-electron chi connectivity index (χ1n) is 7.80. The van der Waals surface area contributed by atoms with E-state index in [1.807, 2.05) is 18.2 Å². The Labute approximate surface area is 137 Å². The van der Waals surface area contributed by atoms with Gasteiger partial charge in [-0.25, -0.2) is 0 Å². The average Bonchev–Trinajstić information content (AvgIpc) is 3.07. The van der Waals surface area contributed by atoms with Gasteiger partial charge in [-0.15, -0.1) is 0 Å². The zero-order valence-electron chi connectivity index (χ0n) is 13.7. The average molecular weight is 317 g/mol. The van der Waals surface area contributed by atoms with Gasteiger partial charge in [0, 0.05) is 6.54 Å². The lowest BCUT2D eigenvalue weighted by Gasteiger charge is -2.19. The Bertz CT molecular complexity index is 583. The molecule has 0 saturated carbocycles. The van der Waals surface area contributed by atoms with Crippen LogP contribution in [0.1, 0.15) is 18.4 Å². The number of nitriles is 1. The van der Waals surface area contributed by atoms with Crippen molar-refractivity contribution < 1.29 is 14.3 Å². The van der Waals surface area contributed by atoms with Crippen molar-refractivity contribution in [2.24, 2.45) is 0 Å². The highest BCUT2D eigenvalue weighted by molar-refractivity contribution is 5.79. The van der Waals surface area contributed by atoms with Gasteiger partial charge in [-0.05, 0) is 49.6 Å². The van der Waals surface area contributed by atoms with Crippen LogP contribution in [0.25, 0.3) is 0 Å². The summed E-state index contributed by atoms with van der Waals surface area (Å²) >= 11 is 0. The van der Waals surface area contributed by atoms with Crippen LogP contribution in [0.15, 0.2) is 18.2 Å². The van der Waals surface area contributed by atoms with Gasteiger partial charge in [0.15, 0.2) is 0 Å². The molecule has 1 aromatic carbocycles. The van der Waals surface area contributed by atoms with Crippen molar-refractivity contribution in [2.75, 3.05) is 33.9 Å². The Morgan fingerprint density at radius 3 is 2.96 bits per heavy atom. The van der Waals surface area contributed by atoms with Gasteiger partial charge < -0.3 is 19.7 Å². The lowest BCUT2D eigenvalue weighted by Crippen LogP contribution is -2.41. The SMILES string of the molecule is COc1ccc(OC)c(CCNCC(=O)N2CCC[C@H]2C#N)c1. The third-order valence-electron chi connectivity index (χ3n) is 4.06. The van der Waals surface area contributed by atoms with Crippen molar-refractivity contribution in [2.45, 2.75) is 25.3 Å². The molecular weight excluding hydrogens is 294 g/mol. The molecule has 124 valence electrons. The van der Waals surface area contributed by atoms with Gasteiger partial charge in [0.05, 0.1) is 26.8 Å². The van der Waals surface area contributed by atoms with E-state index >= 15 is 0 Å². The number of nitrogens with zero attached hydrogens (tertiary/aromatic N) is 2. The molecule has 6 heteroatoms. The van der Waals surface area contributed by atoms with Gasteiger partial charge in [-0.2, -0.15) is 5.26 Å². The predicted octanol–water partition coefficient (Wildman–Crippen LogP) is 1.35. The summed E-state index contributed by atoms with van der Waals surface area (Å²) in [6.45, 7) is 1.59. The van der Waals surface area contributed by atoms with Crippen molar-refractivity contribution in [1.29, 1.82) is 5.26 Å². The first-order chi connectivity index (χ1) is 11.2. The van der Waals surface area contributed by atoms with Gasteiger partial charge >= 0.3 is 0 Å². The molecule has 0 radical (unpaired) electrons. The van der Waals surface area contributed by atoms with Crippen molar-refractivity contribution >= 4 is 5.91 Å². The fourth-order valence-electron chi connectivity index (χ4n) is 2.80. The Balaban J connectivity index is 1.81. The molecule has 1 aromatic rings. The quantitative estimate of drug-likeness (QED) is 0.768. The summed E-state index contributed by atoms with van der Waals surface area (Å²) < 4.78 is 10.6. The van der Waals surface area contributed by atoms with E-state index in [0.717, 1.165) is 36.3 Å². The number of hydrogen-bond donors (Lipinski definition) is 1. The van der Waals surface area contributed by atoms with Crippen molar-refractivity contribution in [3.8, 4) is 17.6 Å². The highest BCUT2D eigenvalue weighted by Crippen LogP contribution is 2.24. The largest absolute Gasteiger partial charge is 0.497 e. The zero-order chi connectivity index (χ0) is 16.7. The molecular formula is C17H23N3O3. The molecule has 1 fully saturated rings. The number of rotatable bonds is 7. The Morgan fingerprint density at radius 2 is 2.26 bits per heavy atom. The number of methoxy groups -OCH3 is 2. The molecule has 1 atom stereocenters. The molecule has 6 nitrogen and oxygen atoms in total. The summed E-state index contributed by atoms with van der Waals surface area (Å²) in [4.78, 5) is 13.8. The predicted molar refractivity (Wildman–Crippen MR) is 86.5 cm³/mol. The molecule has 1 aliphatic rings. The smallest absolute Gasteiger partial charge is 0.237 e. The highest BCUT2D eigenvalue weighted by Gasteiger charge is 2.27. The molecule has 1 N–H and O–H groups in total. The second-order valence-corrected chi connectivity index (χ2v) is 5.48. The van der Waals surface area contributed by atoms with E-state index in [9.17, 15) is 4.79 Å². The minimum atomic E-state index is -0.261. The molecule has 0 aromatic heterocycles. The second kappa shape index (κ2) is 8.39. The number of carbonyl (C=O) groups is 1. The highest BCUT2D eigenvalue weighted by atomic mass is 16.5. The lowest BCUT2D eigenvalue weighted by atomic mass is 10.1. The van der Waals surface area contributed by atoms with Crippen LogP contribution < -0.4 is 14.8 Å². The van der Waals surface area contributed by atoms with E-state index in [1.54, 1.807) is 19.1 Å². The summed E-state index contributed by atoms with van der Waals surface area (Å²) in [5, 5.41) is 12.2. The zero-order valence-corrected chi connectivity index (χ0v) is 13.7. The summed E-state index contributed by atoms with van der Waals surface area (Å²) in [6.07, 6.45) is 2.42. The van der Waals surface area contributed by atoms with Crippen LogP contribution in [0.5, 0.6) is 11.5 Å². The van der Waals surface area contributed by atoms with E-state index in [-0.39, 0.29) is 18.5 Å². The number of benzene rings is 1. The first-order valence-corrected chi connectivity index (χ1v) is 7.80. The van der Waals surface area contributed by atoms with E-state index in [0.29, 0.717) is 13.1 Å². The van der Waals surface area contributed by atoms with E-state index in [2.05, 4.69) is 11.4 Å². The van der Waals surface area contributed by atoms with E-state index in [1.165, 1.54) is 0 Å². The van der Waals surface area contributed by atoms with Crippen molar-refractivity contribution in [1.82, 2.24) is 10.2 Å². The third kappa shape index (κ3) is 4.36. The maximum atomic E-state index is 12.1. The normalized spacial score (nSPS) is 16.9. The molecule has 1 amide bonds. The third-order valence-corrected chi connectivity index (χ3v) is 4.06. The minimum Gasteiger partial charge on any atom is -0.497 e. The molecule has 1 saturated heterocycles. The summed E-state index contributed by atoms with van der Waals surface area (Å²) in [6, 6.07) is 7.60. The van der Waals surface area contributed by atoms with E-state index in [4.69, 9.17) is 14.7 Å². The maximum Gasteiger partial charge on any atom is 0.237 e. The van der Waals surface area contributed by atoms with Crippen LogP contribution in [0.3, 0.4) is 0 Å². The van der Waals surface area contributed by atoms with Gasteiger partial charge in [0.1, 0.15) is 17.5 Å². The van der Waals surface area contributed by atoms with Crippen molar-refractivity contribution in [3.63, 3.8) is 0 Å². The maximum absolute atomic E-state index is 12.1. The summed E-state index contributed by atoms with van der Waals surface area (Å²) in [7, 11) is 3.27. The number of likely N-dealkylation sites (tertiary alicyclic amines) is 1. The Morgan fingerprint density at radius 1 is 1.43 bits per heavy atom. The number of carbonyl (C=O) groups excluding carboxylic acids is 1. The van der Waals surface area contributed by atoms with Gasteiger partial charge in [0.2, 0.25) is 5.91 Å². The fraction of sp³-hybridized carbons (Fsp3) is 0.529. The molecule has 0 spiro atoms. The lowest BCUT2D eigenvalue weighted by molar-refractivity contribution is -0.130.